The molecule has 1 aromatic heterocycles. The summed E-state index contributed by atoms with van der Waals surface area (Å²) in [5.74, 6) is 0. The standard InChI is InChI=1S/C8H12S.CH4O/c1-3-7-5-6-8(4-2)9-7;1-2/h5-6H,3-4H2,1-2H3;2H,1H3. The van der Waals surface area contributed by atoms with Crippen LogP contribution in [0.15, 0.2) is 12.1 Å². The molecule has 64 valence electrons. The Labute approximate surface area is 72.7 Å². The van der Waals surface area contributed by atoms with Crippen molar-refractivity contribution in [3.05, 3.63) is 21.9 Å². The zero-order valence-corrected chi connectivity index (χ0v) is 8.24. The van der Waals surface area contributed by atoms with Crippen molar-refractivity contribution in [1.82, 2.24) is 0 Å². The van der Waals surface area contributed by atoms with Crippen LogP contribution in [0.5, 0.6) is 0 Å². The van der Waals surface area contributed by atoms with E-state index < -0.39 is 0 Å². The van der Waals surface area contributed by atoms with Gasteiger partial charge in [-0.1, -0.05) is 13.8 Å². The molecule has 0 unspecified atom stereocenters. The first-order valence-corrected chi connectivity index (χ1v) is 4.70. The summed E-state index contributed by atoms with van der Waals surface area (Å²) in [6.45, 7) is 4.40. The zero-order valence-electron chi connectivity index (χ0n) is 7.42. The number of rotatable bonds is 2. The highest BCUT2D eigenvalue weighted by Gasteiger charge is 1.93. The van der Waals surface area contributed by atoms with Crippen LogP contribution in [0.25, 0.3) is 0 Å². The van der Waals surface area contributed by atoms with Gasteiger partial charge in [-0.2, -0.15) is 0 Å². The molecule has 1 aromatic rings. The summed E-state index contributed by atoms with van der Waals surface area (Å²) < 4.78 is 0. The van der Waals surface area contributed by atoms with Crippen LogP contribution in [-0.2, 0) is 12.8 Å². The fraction of sp³-hybridized carbons (Fsp3) is 0.556. The molecule has 11 heavy (non-hydrogen) atoms. The van der Waals surface area contributed by atoms with E-state index in [1.165, 1.54) is 22.6 Å². The lowest BCUT2D eigenvalue weighted by atomic mass is 10.3. The smallest absolute Gasteiger partial charge is 0.0319 e. The number of aliphatic hydroxyl groups is 1. The quantitative estimate of drug-likeness (QED) is 0.726. The molecule has 1 nitrogen and oxygen atoms in total. The maximum atomic E-state index is 7.00. The molecule has 1 N–H and O–H groups in total. The van der Waals surface area contributed by atoms with Gasteiger partial charge in [0.1, 0.15) is 0 Å². The number of hydrogen-bond donors (Lipinski definition) is 1. The molecule has 0 aliphatic rings. The van der Waals surface area contributed by atoms with E-state index in [1.54, 1.807) is 0 Å². The molecule has 0 aliphatic heterocycles. The van der Waals surface area contributed by atoms with Crippen molar-refractivity contribution in [2.75, 3.05) is 7.11 Å². The second kappa shape index (κ2) is 6.38. The lowest BCUT2D eigenvalue weighted by Crippen LogP contribution is -1.65. The molecular formula is C9H16OS. The Kier molecular flexibility index (Phi) is 6.18. The highest BCUT2D eigenvalue weighted by atomic mass is 32.1. The fourth-order valence-electron chi connectivity index (χ4n) is 0.802. The summed E-state index contributed by atoms with van der Waals surface area (Å²) in [4.78, 5) is 3.01. The molecule has 0 fully saturated rings. The van der Waals surface area contributed by atoms with Crippen molar-refractivity contribution in [3.8, 4) is 0 Å². The predicted molar refractivity (Wildman–Crippen MR) is 51.2 cm³/mol. The van der Waals surface area contributed by atoms with Gasteiger partial charge in [-0.3, -0.25) is 0 Å². The lowest BCUT2D eigenvalue weighted by molar-refractivity contribution is 0.399. The molecule has 0 amide bonds. The van der Waals surface area contributed by atoms with Crippen LogP contribution in [0.1, 0.15) is 23.6 Å². The van der Waals surface area contributed by atoms with Crippen LogP contribution < -0.4 is 0 Å². The molecule has 0 aromatic carbocycles. The minimum Gasteiger partial charge on any atom is -0.400 e. The van der Waals surface area contributed by atoms with E-state index in [9.17, 15) is 0 Å². The number of thiophene rings is 1. The Morgan fingerprint density at radius 3 is 1.64 bits per heavy atom. The van der Waals surface area contributed by atoms with Crippen LogP contribution in [0.4, 0.5) is 0 Å². The van der Waals surface area contributed by atoms with Gasteiger partial charge in [0.05, 0.1) is 0 Å². The van der Waals surface area contributed by atoms with E-state index >= 15 is 0 Å². The molecule has 1 heterocycles. The lowest BCUT2D eigenvalue weighted by Gasteiger charge is -1.84. The molecule has 0 aliphatic carbocycles. The minimum atomic E-state index is 1.00. The predicted octanol–water partition coefficient (Wildman–Crippen LogP) is 2.48. The molecule has 0 saturated carbocycles. The van der Waals surface area contributed by atoms with Crippen molar-refractivity contribution >= 4 is 11.3 Å². The first-order chi connectivity index (χ1) is 5.36. The van der Waals surface area contributed by atoms with Gasteiger partial charge in [0, 0.05) is 16.9 Å². The van der Waals surface area contributed by atoms with Crippen molar-refractivity contribution < 1.29 is 5.11 Å². The molecule has 0 spiro atoms. The van der Waals surface area contributed by atoms with E-state index in [-0.39, 0.29) is 0 Å². The van der Waals surface area contributed by atoms with Crippen molar-refractivity contribution in [2.45, 2.75) is 26.7 Å². The van der Waals surface area contributed by atoms with Crippen LogP contribution >= 0.6 is 11.3 Å². The summed E-state index contributed by atoms with van der Waals surface area (Å²) >= 11 is 1.93. The Bertz CT molecular complexity index is 163. The van der Waals surface area contributed by atoms with E-state index in [0.29, 0.717) is 0 Å². The maximum Gasteiger partial charge on any atom is 0.0319 e. The van der Waals surface area contributed by atoms with Gasteiger partial charge >= 0.3 is 0 Å². The van der Waals surface area contributed by atoms with Gasteiger partial charge in [0.15, 0.2) is 0 Å². The summed E-state index contributed by atoms with van der Waals surface area (Å²) in [6.07, 6.45) is 2.37. The van der Waals surface area contributed by atoms with Gasteiger partial charge in [0.2, 0.25) is 0 Å². The number of aliphatic hydroxyl groups excluding tert-OH is 1. The summed E-state index contributed by atoms with van der Waals surface area (Å²) in [5.41, 5.74) is 0. The van der Waals surface area contributed by atoms with Gasteiger partial charge in [0.25, 0.3) is 0 Å². The van der Waals surface area contributed by atoms with Gasteiger partial charge in [-0.25, -0.2) is 0 Å². The second-order valence-electron chi connectivity index (χ2n) is 2.08. The van der Waals surface area contributed by atoms with Gasteiger partial charge < -0.3 is 5.11 Å². The molecule has 1 rings (SSSR count). The molecule has 0 atom stereocenters. The highest BCUT2D eigenvalue weighted by molar-refractivity contribution is 7.11. The SMILES string of the molecule is CCc1ccc(CC)s1.CO. The van der Waals surface area contributed by atoms with E-state index in [0.717, 1.165) is 7.11 Å². The summed E-state index contributed by atoms with van der Waals surface area (Å²) in [7, 11) is 1.00. The Hall–Kier alpha value is -0.340. The average Bonchev–Trinajstić information content (AvgIpc) is 2.55. The highest BCUT2D eigenvalue weighted by Crippen LogP contribution is 2.16. The second-order valence-corrected chi connectivity index (χ2v) is 3.33. The number of hydrogen-bond acceptors (Lipinski definition) is 2. The third kappa shape index (κ3) is 3.54. The zero-order chi connectivity index (χ0) is 8.69. The van der Waals surface area contributed by atoms with Crippen LogP contribution in [0.2, 0.25) is 0 Å². The normalized spacial score (nSPS) is 8.73. The van der Waals surface area contributed by atoms with Crippen molar-refractivity contribution in [3.63, 3.8) is 0 Å². The Morgan fingerprint density at radius 2 is 1.45 bits per heavy atom. The first kappa shape index (κ1) is 10.7. The van der Waals surface area contributed by atoms with Crippen LogP contribution in [-0.4, -0.2) is 12.2 Å². The summed E-state index contributed by atoms with van der Waals surface area (Å²) in [5, 5.41) is 7.00. The summed E-state index contributed by atoms with van der Waals surface area (Å²) in [6, 6.07) is 4.45. The monoisotopic (exact) mass is 172 g/mol. The van der Waals surface area contributed by atoms with Crippen molar-refractivity contribution in [1.29, 1.82) is 0 Å². The fourth-order valence-corrected chi connectivity index (χ4v) is 1.70. The van der Waals surface area contributed by atoms with E-state index in [1.807, 2.05) is 11.3 Å². The van der Waals surface area contributed by atoms with Gasteiger partial charge in [-0.15, -0.1) is 11.3 Å². The molecule has 2 heteroatoms. The number of aryl methyl sites for hydroxylation is 2. The Morgan fingerprint density at radius 1 is 1.09 bits per heavy atom. The first-order valence-electron chi connectivity index (χ1n) is 3.89. The molecule has 0 saturated heterocycles. The van der Waals surface area contributed by atoms with E-state index in [4.69, 9.17) is 5.11 Å². The third-order valence-corrected chi connectivity index (χ3v) is 2.79. The molecule has 0 radical (unpaired) electrons. The van der Waals surface area contributed by atoms with Crippen molar-refractivity contribution in [2.24, 2.45) is 0 Å². The third-order valence-electron chi connectivity index (χ3n) is 1.41. The topological polar surface area (TPSA) is 20.2 Å². The minimum absolute atomic E-state index is 1.00. The van der Waals surface area contributed by atoms with Crippen LogP contribution in [0, 0.1) is 0 Å². The Balaban J connectivity index is 0.000000461. The average molecular weight is 172 g/mol. The maximum absolute atomic E-state index is 7.00. The molecule has 0 bridgehead atoms. The van der Waals surface area contributed by atoms with Crippen LogP contribution in [0.3, 0.4) is 0 Å². The molecular weight excluding hydrogens is 156 g/mol. The van der Waals surface area contributed by atoms with E-state index in [2.05, 4.69) is 26.0 Å². The van der Waals surface area contributed by atoms with Gasteiger partial charge in [-0.05, 0) is 25.0 Å². The largest absolute Gasteiger partial charge is 0.400 e.